The Labute approximate surface area is 166 Å². The molecule has 0 aliphatic heterocycles. The zero-order valence-electron chi connectivity index (χ0n) is 16.0. The number of nitrogens with zero attached hydrogens (tertiary/aromatic N) is 3. The Bertz CT molecular complexity index is 945. The molecule has 2 rings (SSSR count). The fraction of sp³-hybridized carbons (Fsp3) is 0.421. The molecule has 27 heavy (non-hydrogen) atoms. The summed E-state index contributed by atoms with van der Waals surface area (Å²) in [6.45, 7) is 4.78. The molecule has 2 aromatic rings. The van der Waals surface area contributed by atoms with Crippen LogP contribution < -0.4 is 17.0 Å². The highest BCUT2D eigenvalue weighted by Gasteiger charge is 2.22. The topological polar surface area (TPSA) is 90.3 Å². The number of Topliss-reactive ketones (excluding diaryl/α,β-unsaturated/α-hetero) is 1. The van der Waals surface area contributed by atoms with Crippen LogP contribution in [0.5, 0.6) is 0 Å². The second-order valence-corrected chi connectivity index (χ2v) is 8.05. The number of aromatic nitrogens is 2. The molecule has 1 heterocycles. The zero-order chi connectivity index (χ0) is 20.3. The first-order chi connectivity index (χ1) is 12.6. The van der Waals surface area contributed by atoms with Gasteiger partial charge in [-0.25, -0.2) is 4.79 Å². The molecule has 1 aromatic carbocycles. The fourth-order valence-electron chi connectivity index (χ4n) is 2.87. The van der Waals surface area contributed by atoms with E-state index in [4.69, 9.17) is 5.73 Å². The van der Waals surface area contributed by atoms with Crippen LogP contribution in [-0.2, 0) is 20.1 Å². The maximum Gasteiger partial charge on any atom is 0.332 e. The van der Waals surface area contributed by atoms with Crippen molar-refractivity contribution in [2.45, 2.75) is 26.9 Å². The van der Waals surface area contributed by atoms with Gasteiger partial charge in [0.25, 0.3) is 5.56 Å². The Kier molecular flexibility index (Phi) is 6.78. The lowest BCUT2D eigenvalue weighted by molar-refractivity contribution is 0.0941. The summed E-state index contributed by atoms with van der Waals surface area (Å²) in [5.74, 6) is -0.311. The molecule has 0 aliphatic rings. The molecule has 0 aliphatic carbocycles. The average Bonchev–Trinajstić information content (AvgIpc) is 2.59. The molecule has 146 valence electrons. The molecule has 0 bridgehead atoms. The molecule has 8 heteroatoms. The van der Waals surface area contributed by atoms with Crippen LogP contribution in [-0.4, -0.2) is 33.4 Å². The highest BCUT2D eigenvalue weighted by Crippen LogP contribution is 2.13. The lowest BCUT2D eigenvalue weighted by Crippen LogP contribution is -2.44. The van der Waals surface area contributed by atoms with Gasteiger partial charge in [0.05, 0.1) is 6.54 Å². The zero-order valence-corrected chi connectivity index (χ0v) is 17.6. The summed E-state index contributed by atoms with van der Waals surface area (Å²) >= 11 is 3.39. The molecular formula is C19H25BrN4O3. The highest BCUT2D eigenvalue weighted by atomic mass is 79.9. The SMILES string of the molecule is CC(C)Cn1c(N)c(C(=O)CN(C)Cc2ccc(Br)cc2)c(=O)n(C)c1=O. The van der Waals surface area contributed by atoms with E-state index in [0.29, 0.717) is 13.1 Å². The molecule has 7 nitrogen and oxygen atoms in total. The molecule has 0 fully saturated rings. The van der Waals surface area contributed by atoms with Crippen LogP contribution in [0.15, 0.2) is 38.3 Å². The fourth-order valence-corrected chi connectivity index (χ4v) is 3.13. The second kappa shape index (κ2) is 8.67. The monoisotopic (exact) mass is 436 g/mol. The van der Waals surface area contributed by atoms with Gasteiger partial charge in [-0.2, -0.15) is 0 Å². The molecule has 0 saturated carbocycles. The van der Waals surface area contributed by atoms with Crippen LogP contribution in [0.4, 0.5) is 5.82 Å². The second-order valence-electron chi connectivity index (χ2n) is 7.13. The Morgan fingerprint density at radius 3 is 2.37 bits per heavy atom. The first-order valence-electron chi connectivity index (χ1n) is 8.67. The standard InChI is InChI=1S/C19H25BrN4O3/c1-12(2)9-24-17(21)16(18(26)23(4)19(24)27)15(25)11-22(3)10-13-5-7-14(20)8-6-13/h5-8,12H,9-11,21H2,1-4H3. The Morgan fingerprint density at radius 2 is 1.81 bits per heavy atom. The largest absolute Gasteiger partial charge is 0.384 e. The number of benzene rings is 1. The summed E-state index contributed by atoms with van der Waals surface area (Å²) < 4.78 is 3.23. The number of carbonyl (C=O) groups is 1. The Morgan fingerprint density at radius 1 is 1.22 bits per heavy atom. The summed E-state index contributed by atoms with van der Waals surface area (Å²) in [5.41, 5.74) is 5.81. The van der Waals surface area contributed by atoms with Crippen molar-refractivity contribution in [1.82, 2.24) is 14.0 Å². The van der Waals surface area contributed by atoms with E-state index in [1.165, 1.54) is 11.6 Å². The summed E-state index contributed by atoms with van der Waals surface area (Å²) in [7, 11) is 3.16. The van der Waals surface area contributed by atoms with Crippen molar-refractivity contribution in [2.24, 2.45) is 13.0 Å². The van der Waals surface area contributed by atoms with Gasteiger partial charge >= 0.3 is 5.69 Å². The number of anilines is 1. The van der Waals surface area contributed by atoms with Crippen molar-refractivity contribution in [2.75, 3.05) is 19.3 Å². The van der Waals surface area contributed by atoms with Gasteiger partial charge in [0.15, 0.2) is 5.78 Å². The van der Waals surface area contributed by atoms with Gasteiger partial charge in [-0.1, -0.05) is 41.9 Å². The Balaban J connectivity index is 2.29. The molecule has 1 aromatic heterocycles. The molecule has 0 unspecified atom stereocenters. The first-order valence-corrected chi connectivity index (χ1v) is 9.46. The summed E-state index contributed by atoms with van der Waals surface area (Å²) in [4.78, 5) is 39.4. The molecule has 2 N–H and O–H groups in total. The highest BCUT2D eigenvalue weighted by molar-refractivity contribution is 9.10. The van der Waals surface area contributed by atoms with Gasteiger partial charge < -0.3 is 5.73 Å². The Hall–Kier alpha value is -2.19. The van der Waals surface area contributed by atoms with E-state index in [1.54, 1.807) is 7.05 Å². The molecular weight excluding hydrogens is 412 g/mol. The van der Waals surface area contributed by atoms with Crippen molar-refractivity contribution in [3.05, 3.63) is 60.7 Å². The normalized spacial score (nSPS) is 11.4. The van der Waals surface area contributed by atoms with Gasteiger partial charge in [0.1, 0.15) is 11.4 Å². The third-order valence-corrected chi connectivity index (χ3v) is 4.72. The van der Waals surface area contributed by atoms with Crippen LogP contribution in [0.25, 0.3) is 0 Å². The van der Waals surface area contributed by atoms with Crippen molar-refractivity contribution < 1.29 is 4.79 Å². The lowest BCUT2D eigenvalue weighted by atomic mass is 10.1. The van der Waals surface area contributed by atoms with E-state index in [9.17, 15) is 14.4 Å². The number of nitrogens with two attached hydrogens (primary N) is 1. The minimum absolute atomic E-state index is 0.0232. The third kappa shape index (κ3) is 4.95. The van der Waals surface area contributed by atoms with Crippen molar-refractivity contribution >= 4 is 27.5 Å². The van der Waals surface area contributed by atoms with E-state index >= 15 is 0 Å². The summed E-state index contributed by atoms with van der Waals surface area (Å²) in [6, 6.07) is 7.78. The maximum absolute atomic E-state index is 12.8. The molecule has 0 amide bonds. The quantitative estimate of drug-likeness (QED) is 0.668. The van der Waals surface area contributed by atoms with Crippen molar-refractivity contribution in [3.8, 4) is 0 Å². The lowest BCUT2D eigenvalue weighted by Gasteiger charge is -2.19. The van der Waals surface area contributed by atoms with Crippen LogP contribution in [0.2, 0.25) is 0 Å². The van der Waals surface area contributed by atoms with Crippen LogP contribution >= 0.6 is 15.9 Å². The number of rotatable bonds is 7. The van der Waals surface area contributed by atoms with Crippen LogP contribution in [0, 0.1) is 5.92 Å². The van der Waals surface area contributed by atoms with Gasteiger partial charge in [0, 0.05) is 24.6 Å². The predicted octanol–water partition coefficient (Wildman–Crippen LogP) is 1.86. The molecule has 0 spiro atoms. The first kappa shape index (κ1) is 21.1. The molecule has 0 atom stereocenters. The number of ketones is 1. The third-order valence-electron chi connectivity index (χ3n) is 4.19. The average molecular weight is 437 g/mol. The van der Waals surface area contributed by atoms with Crippen LogP contribution in [0.3, 0.4) is 0 Å². The molecule has 0 radical (unpaired) electrons. The minimum Gasteiger partial charge on any atom is -0.384 e. The van der Waals surface area contributed by atoms with E-state index in [-0.39, 0.29) is 23.8 Å². The molecule has 0 saturated heterocycles. The number of hydrogen-bond donors (Lipinski definition) is 1. The van der Waals surface area contributed by atoms with Gasteiger partial charge in [-0.3, -0.25) is 23.6 Å². The van der Waals surface area contributed by atoms with E-state index in [0.717, 1.165) is 14.6 Å². The van der Waals surface area contributed by atoms with Gasteiger partial charge in [-0.15, -0.1) is 0 Å². The minimum atomic E-state index is -0.653. The van der Waals surface area contributed by atoms with E-state index in [1.807, 2.05) is 43.0 Å². The number of hydrogen-bond acceptors (Lipinski definition) is 5. The van der Waals surface area contributed by atoms with E-state index in [2.05, 4.69) is 15.9 Å². The summed E-state index contributed by atoms with van der Waals surface area (Å²) in [5, 5.41) is 0. The number of halogens is 1. The van der Waals surface area contributed by atoms with Crippen molar-refractivity contribution in [3.63, 3.8) is 0 Å². The van der Waals surface area contributed by atoms with Gasteiger partial charge in [0.2, 0.25) is 0 Å². The van der Waals surface area contributed by atoms with Gasteiger partial charge in [-0.05, 0) is 30.7 Å². The maximum atomic E-state index is 12.8. The number of nitrogen functional groups attached to an aromatic ring is 1. The summed E-state index contributed by atoms with van der Waals surface area (Å²) in [6.07, 6.45) is 0. The predicted molar refractivity (Wildman–Crippen MR) is 110 cm³/mol. The van der Waals surface area contributed by atoms with E-state index < -0.39 is 17.0 Å². The number of likely N-dealkylation sites (N-methyl/N-ethyl adjacent to an activating group) is 1. The van der Waals surface area contributed by atoms with Crippen molar-refractivity contribution in [1.29, 1.82) is 0 Å². The number of carbonyl (C=O) groups excluding carboxylic acids is 1. The van der Waals surface area contributed by atoms with Crippen LogP contribution in [0.1, 0.15) is 29.8 Å². The smallest absolute Gasteiger partial charge is 0.332 e.